The van der Waals surface area contributed by atoms with Gasteiger partial charge < -0.3 is 0 Å². The van der Waals surface area contributed by atoms with Gasteiger partial charge in [0.1, 0.15) is 0 Å². The first kappa shape index (κ1) is 21.7. The van der Waals surface area contributed by atoms with Gasteiger partial charge in [0.15, 0.2) is 5.78 Å². The molecule has 1 heterocycles. The molecule has 1 saturated carbocycles. The van der Waals surface area contributed by atoms with Crippen molar-refractivity contribution in [2.45, 2.75) is 27.2 Å². The zero-order valence-electron chi connectivity index (χ0n) is 20.1. The molecule has 174 valence electrons. The van der Waals surface area contributed by atoms with Gasteiger partial charge in [-0.2, -0.15) is 0 Å². The van der Waals surface area contributed by atoms with Crippen molar-refractivity contribution in [1.82, 2.24) is 0 Å². The van der Waals surface area contributed by atoms with Crippen molar-refractivity contribution >= 4 is 34.4 Å². The van der Waals surface area contributed by atoms with E-state index in [0.717, 1.165) is 27.8 Å². The molecule has 1 aliphatic heterocycles. The summed E-state index contributed by atoms with van der Waals surface area (Å²) in [5.74, 6) is -1.94. The van der Waals surface area contributed by atoms with Crippen molar-refractivity contribution in [3.05, 3.63) is 102 Å². The molecule has 3 aromatic rings. The molecule has 0 unspecified atom stereocenters. The summed E-state index contributed by atoms with van der Waals surface area (Å²) in [5, 5.41) is 0. The van der Waals surface area contributed by atoms with Crippen LogP contribution >= 0.6 is 0 Å². The Bertz CT molecular complexity index is 1420. The van der Waals surface area contributed by atoms with Gasteiger partial charge in [-0.15, -0.1) is 0 Å². The number of aryl methyl sites for hydroxylation is 1. The number of rotatable bonds is 4. The lowest BCUT2D eigenvalue weighted by molar-refractivity contribution is -0.134. The van der Waals surface area contributed by atoms with Crippen molar-refractivity contribution in [3.63, 3.8) is 0 Å². The van der Waals surface area contributed by atoms with Crippen molar-refractivity contribution in [2.24, 2.45) is 22.7 Å². The zero-order chi connectivity index (χ0) is 24.5. The van der Waals surface area contributed by atoms with Gasteiger partial charge in [0.25, 0.3) is 0 Å². The Morgan fingerprint density at radius 3 is 1.80 bits per heavy atom. The number of carbonyl (C=O) groups is 3. The molecule has 0 aromatic heterocycles. The molecule has 2 bridgehead atoms. The molecular formula is C31H27NO3. The summed E-state index contributed by atoms with van der Waals surface area (Å²) in [7, 11) is 0. The van der Waals surface area contributed by atoms with Gasteiger partial charge in [-0.1, -0.05) is 85.8 Å². The van der Waals surface area contributed by atoms with Gasteiger partial charge in [-0.05, 0) is 54.2 Å². The Hall–Kier alpha value is -3.79. The number of hydrogen-bond donors (Lipinski definition) is 0. The number of hydrogen-bond acceptors (Lipinski definition) is 3. The van der Waals surface area contributed by atoms with Gasteiger partial charge in [0.05, 0.1) is 28.4 Å². The first-order valence-electron chi connectivity index (χ1n) is 12.2. The maximum atomic E-state index is 14.5. The summed E-state index contributed by atoms with van der Waals surface area (Å²) in [4.78, 5) is 44.1. The maximum Gasteiger partial charge on any atom is 0.239 e. The molecule has 4 atom stereocenters. The lowest BCUT2D eigenvalue weighted by atomic mass is 9.62. The molecule has 0 N–H and O–H groups in total. The number of anilines is 1. The third-order valence-corrected chi connectivity index (χ3v) is 8.59. The Balaban J connectivity index is 1.66. The Morgan fingerprint density at radius 2 is 1.23 bits per heavy atom. The number of ketones is 1. The summed E-state index contributed by atoms with van der Waals surface area (Å²) < 4.78 is 0. The number of carbonyl (C=O) groups excluding carboxylic acids is 3. The van der Waals surface area contributed by atoms with Crippen LogP contribution in [0.2, 0.25) is 0 Å². The summed E-state index contributed by atoms with van der Waals surface area (Å²) in [5.41, 5.74) is 3.03. The molecule has 3 aliphatic rings. The van der Waals surface area contributed by atoms with Crippen LogP contribution in [0.1, 0.15) is 37.0 Å². The summed E-state index contributed by atoms with van der Waals surface area (Å²) in [6, 6.07) is 27.3. The predicted octanol–water partition coefficient (Wildman–Crippen LogP) is 5.71. The summed E-state index contributed by atoms with van der Waals surface area (Å²) in [6.07, 6.45) is 0.462. The Morgan fingerprint density at radius 1 is 0.714 bits per heavy atom. The fraction of sp³-hybridized carbons (Fsp3) is 0.258. The molecule has 0 spiro atoms. The van der Waals surface area contributed by atoms with Crippen LogP contribution in [-0.2, 0) is 14.4 Å². The third kappa shape index (κ3) is 2.49. The van der Waals surface area contributed by atoms with E-state index in [0.29, 0.717) is 12.1 Å². The third-order valence-electron chi connectivity index (χ3n) is 8.59. The number of fused-ring (bicyclic) bond motifs is 5. The van der Waals surface area contributed by atoms with Gasteiger partial charge in [-0.3, -0.25) is 14.4 Å². The second-order valence-corrected chi connectivity index (χ2v) is 10.1. The van der Waals surface area contributed by atoms with Gasteiger partial charge in [0, 0.05) is 0 Å². The van der Waals surface area contributed by atoms with Gasteiger partial charge in [-0.25, -0.2) is 4.90 Å². The first-order chi connectivity index (χ1) is 16.9. The van der Waals surface area contributed by atoms with E-state index < -0.39 is 22.7 Å². The van der Waals surface area contributed by atoms with Crippen molar-refractivity contribution in [2.75, 3.05) is 4.90 Å². The lowest BCUT2D eigenvalue weighted by Gasteiger charge is -2.37. The van der Waals surface area contributed by atoms with E-state index in [-0.39, 0.29) is 17.6 Å². The highest BCUT2D eigenvalue weighted by Gasteiger charge is 2.79. The summed E-state index contributed by atoms with van der Waals surface area (Å²) in [6.45, 7) is 5.78. The molecule has 1 saturated heterocycles. The number of allylic oxidation sites excluding steroid dienone is 2. The van der Waals surface area contributed by atoms with Crippen LogP contribution < -0.4 is 4.90 Å². The van der Waals surface area contributed by atoms with Crippen LogP contribution in [0.25, 0.3) is 11.1 Å². The number of nitrogens with zero attached hydrogens (tertiary/aromatic N) is 1. The minimum absolute atomic E-state index is 0.00587. The predicted molar refractivity (Wildman–Crippen MR) is 136 cm³/mol. The normalized spacial score (nSPS) is 29.3. The van der Waals surface area contributed by atoms with E-state index in [9.17, 15) is 14.4 Å². The number of Topliss-reactive ketones (excluding diaryl/α,β-unsaturated/α-hetero) is 1. The average Bonchev–Trinajstić information content (AvgIpc) is 3.35. The monoisotopic (exact) mass is 461 g/mol. The van der Waals surface area contributed by atoms with Crippen molar-refractivity contribution < 1.29 is 14.4 Å². The van der Waals surface area contributed by atoms with E-state index in [4.69, 9.17) is 0 Å². The van der Waals surface area contributed by atoms with E-state index >= 15 is 0 Å². The van der Waals surface area contributed by atoms with Crippen LogP contribution in [0.3, 0.4) is 0 Å². The average molecular weight is 462 g/mol. The molecule has 0 radical (unpaired) electrons. The maximum absolute atomic E-state index is 14.5. The van der Waals surface area contributed by atoms with Gasteiger partial charge in [0.2, 0.25) is 11.8 Å². The molecule has 3 aromatic carbocycles. The molecule has 6 rings (SSSR count). The number of para-hydroxylation sites is 1. The molecule has 4 nitrogen and oxygen atoms in total. The van der Waals surface area contributed by atoms with Crippen LogP contribution in [0.15, 0.2) is 84.9 Å². The van der Waals surface area contributed by atoms with E-state index in [1.54, 1.807) is 0 Å². The minimum atomic E-state index is -1.09. The zero-order valence-corrected chi connectivity index (χ0v) is 20.1. The highest BCUT2D eigenvalue weighted by Crippen LogP contribution is 2.74. The van der Waals surface area contributed by atoms with Crippen molar-refractivity contribution in [1.29, 1.82) is 0 Å². The number of amides is 2. The second-order valence-electron chi connectivity index (χ2n) is 10.1. The van der Waals surface area contributed by atoms with E-state index in [1.165, 1.54) is 4.90 Å². The SMILES string of the molecule is CC[C@@]12C(=O)[C@@](C)(C(c3ccccc3)=C1c1ccccc1)[C@@H]1C(=O)N(c3ccccc3C)C(=O)[C@@H]12. The highest BCUT2D eigenvalue weighted by molar-refractivity contribution is 6.34. The molecule has 2 aliphatic carbocycles. The summed E-state index contributed by atoms with van der Waals surface area (Å²) >= 11 is 0. The van der Waals surface area contributed by atoms with Crippen LogP contribution in [0.4, 0.5) is 5.69 Å². The molecule has 35 heavy (non-hydrogen) atoms. The second kappa shape index (κ2) is 7.35. The molecular weight excluding hydrogens is 434 g/mol. The highest BCUT2D eigenvalue weighted by atomic mass is 16.2. The first-order valence-corrected chi connectivity index (χ1v) is 12.2. The number of benzene rings is 3. The molecule has 4 heteroatoms. The smallest absolute Gasteiger partial charge is 0.239 e. The number of imide groups is 1. The topological polar surface area (TPSA) is 54.5 Å². The van der Waals surface area contributed by atoms with Crippen LogP contribution in [0, 0.1) is 29.6 Å². The minimum Gasteiger partial charge on any atom is -0.298 e. The standard InChI is InChI=1S/C31H27NO3/c1-4-31-24(21-16-9-6-10-17-21)23(20-14-7-5-8-15-20)30(3,29(31)35)25-26(31)28(34)32(27(25)33)22-18-12-11-13-19(22)2/h5-18,25-26H,4H2,1-3H3/t25-,26+,30-,31+/m0/s1. The fourth-order valence-electron chi connectivity index (χ4n) is 7.18. The van der Waals surface area contributed by atoms with Crippen LogP contribution in [-0.4, -0.2) is 17.6 Å². The largest absolute Gasteiger partial charge is 0.298 e. The molecule has 2 fully saturated rings. The van der Waals surface area contributed by atoms with E-state index in [1.807, 2.05) is 106 Å². The molecule has 2 amide bonds. The Labute approximate surface area is 205 Å². The quantitative estimate of drug-likeness (QED) is 0.468. The van der Waals surface area contributed by atoms with E-state index in [2.05, 4.69) is 0 Å². The van der Waals surface area contributed by atoms with Gasteiger partial charge >= 0.3 is 0 Å². The van der Waals surface area contributed by atoms with Crippen molar-refractivity contribution in [3.8, 4) is 0 Å². The Kier molecular flexibility index (Phi) is 4.56. The fourth-order valence-corrected chi connectivity index (χ4v) is 7.18. The lowest BCUT2D eigenvalue weighted by Crippen LogP contribution is -2.41. The van der Waals surface area contributed by atoms with Crippen LogP contribution in [0.5, 0.6) is 0 Å².